The van der Waals surface area contributed by atoms with Crippen LogP contribution in [0.1, 0.15) is 30.8 Å². The first-order valence-corrected chi connectivity index (χ1v) is 6.57. The fourth-order valence-electron chi connectivity index (χ4n) is 1.95. The maximum Gasteiger partial charge on any atom is 0.119 e. The number of aromatic amines is 1. The number of nitrogens with one attached hydrogen (secondary N) is 2. The largest absolute Gasteiger partial charge is 0.491 e. The van der Waals surface area contributed by atoms with Gasteiger partial charge in [0.2, 0.25) is 0 Å². The van der Waals surface area contributed by atoms with Crippen molar-refractivity contribution in [3.05, 3.63) is 41.2 Å². The number of rotatable bonds is 5. The third-order valence-corrected chi connectivity index (χ3v) is 2.98. The maximum atomic E-state index is 5.62. The zero-order chi connectivity index (χ0) is 13.8. The first-order valence-electron chi connectivity index (χ1n) is 6.57. The van der Waals surface area contributed by atoms with E-state index >= 15 is 0 Å². The highest BCUT2D eigenvalue weighted by atomic mass is 16.5. The average molecular weight is 259 g/mol. The number of hydrogen-bond donors (Lipinski definition) is 2. The van der Waals surface area contributed by atoms with E-state index in [4.69, 9.17) is 4.74 Å². The molecule has 0 aliphatic heterocycles. The van der Waals surface area contributed by atoms with Crippen LogP contribution in [0.3, 0.4) is 0 Å². The van der Waals surface area contributed by atoms with Crippen LogP contribution in [-0.2, 0) is 6.54 Å². The van der Waals surface area contributed by atoms with E-state index in [1.165, 1.54) is 5.56 Å². The van der Waals surface area contributed by atoms with Crippen LogP contribution in [0.15, 0.2) is 24.3 Å². The minimum absolute atomic E-state index is 0.204. The third-order valence-electron chi connectivity index (χ3n) is 2.98. The van der Waals surface area contributed by atoms with Crippen LogP contribution in [0.25, 0.3) is 0 Å². The van der Waals surface area contributed by atoms with Crippen molar-refractivity contribution in [1.82, 2.24) is 10.2 Å². The summed E-state index contributed by atoms with van der Waals surface area (Å²) in [6, 6.07) is 8.03. The Morgan fingerprint density at radius 2 is 1.89 bits per heavy atom. The minimum atomic E-state index is 0.204. The van der Waals surface area contributed by atoms with Gasteiger partial charge in [0.25, 0.3) is 0 Å². The molecule has 0 bridgehead atoms. The van der Waals surface area contributed by atoms with E-state index < -0.39 is 0 Å². The van der Waals surface area contributed by atoms with Gasteiger partial charge in [-0.1, -0.05) is 0 Å². The first kappa shape index (κ1) is 13.5. The van der Waals surface area contributed by atoms with Gasteiger partial charge in [-0.05, 0) is 52.0 Å². The molecule has 102 valence electrons. The number of benzene rings is 1. The number of aromatic nitrogens is 2. The van der Waals surface area contributed by atoms with Gasteiger partial charge in [0.15, 0.2) is 0 Å². The highest BCUT2D eigenvalue weighted by Gasteiger charge is 2.05. The van der Waals surface area contributed by atoms with Crippen LogP contribution < -0.4 is 10.1 Å². The van der Waals surface area contributed by atoms with Crippen molar-refractivity contribution in [1.29, 1.82) is 0 Å². The van der Waals surface area contributed by atoms with Gasteiger partial charge in [-0.3, -0.25) is 5.10 Å². The molecule has 4 nitrogen and oxygen atoms in total. The summed E-state index contributed by atoms with van der Waals surface area (Å²) in [6.07, 6.45) is 0.204. The molecule has 4 heteroatoms. The summed E-state index contributed by atoms with van der Waals surface area (Å²) in [5, 5.41) is 10.6. The minimum Gasteiger partial charge on any atom is -0.491 e. The predicted molar refractivity (Wildman–Crippen MR) is 77.6 cm³/mol. The zero-order valence-corrected chi connectivity index (χ0v) is 11.9. The first-order chi connectivity index (χ1) is 9.06. The van der Waals surface area contributed by atoms with Gasteiger partial charge in [-0.25, -0.2) is 0 Å². The summed E-state index contributed by atoms with van der Waals surface area (Å²) in [5.41, 5.74) is 4.47. The van der Waals surface area contributed by atoms with Crippen molar-refractivity contribution in [3.8, 4) is 5.75 Å². The van der Waals surface area contributed by atoms with Gasteiger partial charge in [-0.15, -0.1) is 0 Å². The molecule has 2 N–H and O–H groups in total. The number of nitrogens with zero attached hydrogens (tertiary/aromatic N) is 1. The summed E-state index contributed by atoms with van der Waals surface area (Å²) in [7, 11) is 0. The van der Waals surface area contributed by atoms with E-state index in [0.29, 0.717) is 0 Å². The lowest BCUT2D eigenvalue weighted by Crippen LogP contribution is -2.05. The Morgan fingerprint density at radius 1 is 1.21 bits per heavy atom. The Hall–Kier alpha value is -1.97. The summed E-state index contributed by atoms with van der Waals surface area (Å²) >= 11 is 0. The van der Waals surface area contributed by atoms with Crippen molar-refractivity contribution in [2.24, 2.45) is 0 Å². The van der Waals surface area contributed by atoms with Crippen molar-refractivity contribution < 1.29 is 4.74 Å². The van der Waals surface area contributed by atoms with Crippen molar-refractivity contribution in [2.75, 3.05) is 5.32 Å². The fourth-order valence-corrected chi connectivity index (χ4v) is 1.95. The standard InChI is InChI=1S/C15H21N3O/c1-10(2)19-14-7-5-13(6-8-14)16-9-15-11(3)17-18-12(15)4/h5-8,10,16H,9H2,1-4H3,(H,17,18). The summed E-state index contributed by atoms with van der Waals surface area (Å²) in [5.74, 6) is 0.899. The second kappa shape index (κ2) is 5.78. The van der Waals surface area contributed by atoms with Gasteiger partial charge in [0.05, 0.1) is 11.8 Å². The molecule has 0 fully saturated rings. The Labute approximate surface area is 114 Å². The van der Waals surface area contributed by atoms with Gasteiger partial charge in [0, 0.05) is 23.5 Å². The molecule has 1 heterocycles. The quantitative estimate of drug-likeness (QED) is 0.865. The lowest BCUT2D eigenvalue weighted by atomic mass is 10.2. The molecular weight excluding hydrogens is 238 g/mol. The SMILES string of the molecule is Cc1n[nH]c(C)c1CNc1ccc(OC(C)C)cc1. The molecule has 0 spiro atoms. The predicted octanol–water partition coefficient (Wildman–Crippen LogP) is 3.43. The summed E-state index contributed by atoms with van der Waals surface area (Å²) < 4.78 is 5.62. The Balaban J connectivity index is 1.97. The number of H-pyrrole nitrogens is 1. The number of ether oxygens (including phenoxy) is 1. The Morgan fingerprint density at radius 3 is 2.42 bits per heavy atom. The summed E-state index contributed by atoms with van der Waals surface area (Å²) in [6.45, 7) is 8.88. The normalized spacial score (nSPS) is 10.8. The molecule has 2 aromatic rings. The van der Waals surface area contributed by atoms with Gasteiger partial charge in [0.1, 0.15) is 5.75 Å². The zero-order valence-electron chi connectivity index (χ0n) is 11.9. The second-order valence-electron chi connectivity index (χ2n) is 4.96. The monoisotopic (exact) mass is 259 g/mol. The molecule has 1 aromatic carbocycles. The van der Waals surface area contributed by atoms with Crippen LogP contribution in [0.2, 0.25) is 0 Å². The maximum absolute atomic E-state index is 5.62. The molecule has 0 aliphatic rings. The molecule has 0 saturated heterocycles. The van der Waals surface area contributed by atoms with Crippen LogP contribution in [0.4, 0.5) is 5.69 Å². The molecule has 0 amide bonds. The van der Waals surface area contributed by atoms with E-state index in [2.05, 4.69) is 15.5 Å². The summed E-state index contributed by atoms with van der Waals surface area (Å²) in [4.78, 5) is 0. The Bertz CT molecular complexity index is 509. The van der Waals surface area contributed by atoms with Crippen molar-refractivity contribution >= 4 is 5.69 Å². The van der Waals surface area contributed by atoms with Crippen LogP contribution in [0.5, 0.6) is 5.75 Å². The van der Waals surface area contributed by atoms with E-state index in [1.54, 1.807) is 0 Å². The topological polar surface area (TPSA) is 49.9 Å². The van der Waals surface area contributed by atoms with E-state index in [9.17, 15) is 0 Å². The third kappa shape index (κ3) is 3.50. The smallest absolute Gasteiger partial charge is 0.119 e. The van der Waals surface area contributed by atoms with E-state index in [-0.39, 0.29) is 6.10 Å². The van der Waals surface area contributed by atoms with Crippen molar-refractivity contribution in [2.45, 2.75) is 40.3 Å². The molecule has 0 aliphatic carbocycles. The van der Waals surface area contributed by atoms with Gasteiger partial charge >= 0.3 is 0 Å². The molecule has 19 heavy (non-hydrogen) atoms. The molecular formula is C15H21N3O. The fraction of sp³-hybridized carbons (Fsp3) is 0.400. The number of aryl methyl sites for hydroxylation is 2. The number of hydrogen-bond acceptors (Lipinski definition) is 3. The number of anilines is 1. The van der Waals surface area contributed by atoms with Crippen LogP contribution in [0, 0.1) is 13.8 Å². The van der Waals surface area contributed by atoms with Gasteiger partial charge < -0.3 is 10.1 Å². The van der Waals surface area contributed by atoms with Crippen molar-refractivity contribution in [3.63, 3.8) is 0 Å². The highest BCUT2D eigenvalue weighted by molar-refractivity contribution is 5.47. The van der Waals surface area contributed by atoms with E-state index in [0.717, 1.165) is 29.4 Å². The van der Waals surface area contributed by atoms with Gasteiger partial charge in [-0.2, -0.15) is 5.10 Å². The van der Waals surface area contributed by atoms with Crippen LogP contribution >= 0.6 is 0 Å². The molecule has 0 radical (unpaired) electrons. The molecule has 2 rings (SSSR count). The second-order valence-corrected chi connectivity index (χ2v) is 4.96. The Kier molecular flexibility index (Phi) is 4.10. The van der Waals surface area contributed by atoms with Crippen LogP contribution in [-0.4, -0.2) is 16.3 Å². The average Bonchev–Trinajstić information content (AvgIpc) is 2.68. The molecule has 1 aromatic heterocycles. The highest BCUT2D eigenvalue weighted by Crippen LogP contribution is 2.18. The molecule has 0 atom stereocenters. The lowest BCUT2D eigenvalue weighted by molar-refractivity contribution is 0.242. The van der Waals surface area contributed by atoms with E-state index in [1.807, 2.05) is 52.0 Å². The molecule has 0 unspecified atom stereocenters. The lowest BCUT2D eigenvalue weighted by Gasteiger charge is -2.11. The molecule has 0 saturated carbocycles.